The van der Waals surface area contributed by atoms with Gasteiger partial charge in [0.25, 0.3) is 0 Å². The first-order valence-electron chi connectivity index (χ1n) is 22.0. The Kier molecular flexibility index (Phi) is 15.2. The molecule has 8 aromatic carbocycles. The van der Waals surface area contributed by atoms with Crippen LogP contribution in [-0.2, 0) is 36.2 Å². The van der Waals surface area contributed by atoms with Crippen molar-refractivity contribution >= 4 is 28.4 Å². The van der Waals surface area contributed by atoms with Gasteiger partial charge in [0.2, 0.25) is 0 Å². The van der Waals surface area contributed by atoms with Gasteiger partial charge in [0, 0.05) is 0 Å². The van der Waals surface area contributed by atoms with E-state index in [0.717, 1.165) is 11.8 Å². The fourth-order valence-electron chi connectivity index (χ4n) is 9.79. The van der Waals surface area contributed by atoms with E-state index in [9.17, 15) is 0 Å². The molecule has 0 heterocycles. The van der Waals surface area contributed by atoms with Gasteiger partial charge in [0.1, 0.15) is 0 Å². The number of hydrogen-bond donors (Lipinski definition) is 0. The van der Waals surface area contributed by atoms with Crippen molar-refractivity contribution < 1.29 is 23.3 Å². The zero-order chi connectivity index (χ0) is 42.2. The molecule has 2 aliphatic rings. The van der Waals surface area contributed by atoms with Crippen LogP contribution in [0.2, 0.25) is 0 Å². The number of benzene rings is 6. The molecule has 2 saturated carbocycles. The van der Waals surface area contributed by atoms with E-state index in [1.165, 1.54) is 184 Å². The van der Waals surface area contributed by atoms with Crippen LogP contribution in [0.3, 0.4) is 0 Å². The van der Waals surface area contributed by atoms with E-state index in [2.05, 4.69) is 184 Å². The van der Waals surface area contributed by atoms with Crippen LogP contribution in [0.25, 0.3) is 66.1 Å². The molecule has 10 rings (SSSR count). The zero-order valence-corrected chi connectivity index (χ0v) is 42.4. The molecule has 0 bridgehead atoms. The summed E-state index contributed by atoms with van der Waals surface area (Å²) in [7, 11) is 0. The van der Waals surface area contributed by atoms with Crippen molar-refractivity contribution in [3.63, 3.8) is 0 Å². The molecule has 0 atom stereocenters. The molecule has 0 spiro atoms. The number of hydrogen-bond acceptors (Lipinski definition) is 0. The van der Waals surface area contributed by atoms with Gasteiger partial charge in [-0.15, -0.1) is 44.8 Å². The molecule has 0 amide bonds. The third-order valence-corrected chi connectivity index (χ3v) is 12.5. The second-order valence-corrected chi connectivity index (χ2v) is 18.5. The van der Waals surface area contributed by atoms with Crippen molar-refractivity contribution in [2.45, 2.75) is 93.9 Å². The van der Waals surface area contributed by atoms with Gasteiger partial charge in [-0.1, -0.05) is 175 Å². The predicted octanol–water partition coefficient (Wildman–Crippen LogP) is 16.7. The fourth-order valence-corrected chi connectivity index (χ4v) is 9.79. The second-order valence-electron chi connectivity index (χ2n) is 18.5. The van der Waals surface area contributed by atoms with E-state index in [0.29, 0.717) is 0 Å². The summed E-state index contributed by atoms with van der Waals surface area (Å²) >= 11 is 1.36. The molecule has 8 aromatic rings. The van der Waals surface area contributed by atoms with E-state index >= 15 is 0 Å². The van der Waals surface area contributed by atoms with Gasteiger partial charge >= 0.3 is 30.2 Å². The SMILES string of the molecule is Cc1cc(C)cc(-c2ccc(-c3cc(C)cc(C)c3)c3[cH-]c(CC4CC4)cc23)c1.Cc1cc(C)cc(-c2ccc(-c3cc(C)cc(C)c3)c3[cH-]c(CC4CC4)cc23)c1.[CH3-].[CH3-].[Si]=[Zr]. The summed E-state index contributed by atoms with van der Waals surface area (Å²) in [5.74, 6) is 1.81. The average Bonchev–Trinajstić information content (AvgIpc) is 4.10. The fraction of sp³-hybridized carbons (Fsp3) is 0.267. The summed E-state index contributed by atoms with van der Waals surface area (Å²) in [6.45, 7) is 20.6. The summed E-state index contributed by atoms with van der Waals surface area (Å²) in [5.41, 5.74) is 24.4. The zero-order valence-electron chi connectivity index (χ0n) is 38.9. The molecule has 0 aliphatic heterocycles. The van der Waals surface area contributed by atoms with E-state index in [4.69, 9.17) is 0 Å². The first kappa shape index (κ1) is 47.1. The van der Waals surface area contributed by atoms with Gasteiger partial charge in [-0.2, -0.15) is 12.1 Å². The Hall–Kier alpha value is -4.36. The minimum absolute atomic E-state index is 0. The normalized spacial score (nSPS) is 13.1. The van der Waals surface area contributed by atoms with Crippen LogP contribution in [0, 0.1) is 82.1 Å². The van der Waals surface area contributed by atoms with E-state index in [1.807, 2.05) is 0 Å². The maximum absolute atomic E-state index is 3.06. The Morgan fingerprint density at radius 2 is 0.629 bits per heavy atom. The predicted molar refractivity (Wildman–Crippen MR) is 270 cm³/mol. The first-order valence-corrected chi connectivity index (χ1v) is 26.2. The van der Waals surface area contributed by atoms with Crippen molar-refractivity contribution in [1.82, 2.24) is 0 Å². The Morgan fingerprint density at radius 3 is 0.887 bits per heavy atom. The van der Waals surface area contributed by atoms with Gasteiger partial charge < -0.3 is 14.9 Å². The molecule has 0 unspecified atom stereocenters. The van der Waals surface area contributed by atoms with Crippen LogP contribution < -0.4 is 0 Å². The molecular weight excluding hydrogens is 840 g/mol. The van der Waals surface area contributed by atoms with Gasteiger partial charge in [0.15, 0.2) is 0 Å². The first-order chi connectivity index (χ1) is 28.9. The average molecular weight is 904 g/mol. The third-order valence-electron chi connectivity index (χ3n) is 12.5. The topological polar surface area (TPSA) is 0 Å². The van der Waals surface area contributed by atoms with Crippen molar-refractivity contribution in [3.05, 3.63) is 192 Å². The van der Waals surface area contributed by atoms with Crippen LogP contribution in [-0.4, -0.2) is 6.88 Å². The van der Waals surface area contributed by atoms with Gasteiger partial charge in [-0.05, 0) is 117 Å². The van der Waals surface area contributed by atoms with Crippen molar-refractivity contribution in [2.75, 3.05) is 0 Å². The van der Waals surface area contributed by atoms with Crippen molar-refractivity contribution in [2.24, 2.45) is 11.8 Å². The van der Waals surface area contributed by atoms with Crippen LogP contribution in [0.5, 0.6) is 0 Å². The molecule has 0 nitrogen and oxygen atoms in total. The second kappa shape index (κ2) is 20.0. The molecule has 62 heavy (non-hydrogen) atoms. The Balaban J connectivity index is 0.000000193. The summed E-state index contributed by atoms with van der Waals surface area (Å²) in [5, 5.41) is 5.62. The Morgan fingerprint density at radius 1 is 0.387 bits per heavy atom. The van der Waals surface area contributed by atoms with Crippen molar-refractivity contribution in [3.8, 4) is 44.5 Å². The third kappa shape index (κ3) is 10.9. The van der Waals surface area contributed by atoms with E-state index in [-0.39, 0.29) is 14.9 Å². The Labute approximate surface area is 391 Å². The molecular formula is C60H64SiZr-4. The van der Waals surface area contributed by atoms with Gasteiger partial charge in [-0.3, -0.25) is 0 Å². The monoisotopic (exact) mass is 902 g/mol. The Bertz CT molecular complexity index is 2400. The molecule has 2 heteroatoms. The number of rotatable bonds is 8. The van der Waals surface area contributed by atoms with Gasteiger partial charge in [0.05, 0.1) is 0 Å². The number of aryl methyl sites for hydroxylation is 8. The quantitative estimate of drug-likeness (QED) is 0.105. The number of fused-ring (bicyclic) bond motifs is 2. The molecule has 2 fully saturated rings. The minimum atomic E-state index is 0. The molecule has 0 saturated heterocycles. The summed E-state index contributed by atoms with van der Waals surface area (Å²) in [6, 6.07) is 46.8. The molecule has 2 radical (unpaired) electrons. The molecule has 316 valence electrons. The van der Waals surface area contributed by atoms with Gasteiger partial charge in [-0.25, -0.2) is 0 Å². The maximum atomic E-state index is 3.06. The summed E-state index contributed by atoms with van der Waals surface area (Å²) in [6.07, 6.45) is 8.05. The van der Waals surface area contributed by atoms with Crippen molar-refractivity contribution in [1.29, 1.82) is 0 Å². The standard InChI is InChI=1S/2C29H29.2CH3.Si.Zr/c2*1-18-9-19(2)12-24(11-18)26-7-8-27(25-13-20(3)10-21(4)14-25)29-17-23(16-28(26)29)15-22-5-6-22;;;;/h2*7-14,16-17,22H,5-6,15H2,1-4H3;2*1H3;;/q4*-1;;. The molecule has 0 N–H and O–H groups in total. The molecule has 0 aromatic heterocycles. The summed E-state index contributed by atoms with van der Waals surface area (Å²) in [4.78, 5) is 0. The summed E-state index contributed by atoms with van der Waals surface area (Å²) < 4.78 is 0. The van der Waals surface area contributed by atoms with E-state index < -0.39 is 0 Å². The molecule has 2 aliphatic carbocycles. The van der Waals surface area contributed by atoms with Crippen LogP contribution in [0.1, 0.15) is 81.3 Å². The van der Waals surface area contributed by atoms with Crippen LogP contribution >= 0.6 is 0 Å². The van der Waals surface area contributed by atoms with Crippen LogP contribution in [0.4, 0.5) is 0 Å². The van der Waals surface area contributed by atoms with E-state index in [1.54, 1.807) is 0 Å². The van der Waals surface area contributed by atoms with Crippen LogP contribution in [0.15, 0.2) is 121 Å².